The first-order valence-electron chi connectivity index (χ1n) is 8.03. The maximum absolute atomic E-state index is 11.7. The summed E-state index contributed by atoms with van der Waals surface area (Å²) >= 11 is 1.88. The van der Waals surface area contributed by atoms with Crippen LogP contribution in [0.5, 0.6) is 0 Å². The quantitative estimate of drug-likeness (QED) is 0.228. The van der Waals surface area contributed by atoms with Crippen LogP contribution in [-0.4, -0.2) is 44.0 Å². The molecule has 3 N–H and O–H groups in total. The molecule has 0 saturated carbocycles. The fraction of sp³-hybridized carbons (Fsp3) is 0.529. The number of nitrogens with one attached hydrogen (secondary N) is 3. The molecule has 0 saturated heterocycles. The first-order chi connectivity index (χ1) is 11.2. The highest BCUT2D eigenvalue weighted by Gasteiger charge is 2.03. The zero-order valence-corrected chi connectivity index (χ0v) is 17.9. The number of guanidine groups is 1. The standard InChI is InChI=1S/C17H28N4OS.HI/c1-4-19-17(20-10-5-6-11-23-3)21-13-14-8-7-9-15(12-14)16(22)18-2;/h7-9,12H,4-6,10-11,13H2,1-3H3,(H,18,22)(H2,19,20,21);1H. The molecule has 0 radical (unpaired) electrons. The van der Waals surface area contributed by atoms with Gasteiger partial charge in [-0.05, 0) is 49.5 Å². The topological polar surface area (TPSA) is 65.5 Å². The fourth-order valence-electron chi connectivity index (χ4n) is 2.05. The van der Waals surface area contributed by atoms with E-state index in [0.29, 0.717) is 12.1 Å². The molecule has 0 unspecified atom stereocenters. The molecule has 7 heteroatoms. The van der Waals surface area contributed by atoms with Crippen molar-refractivity contribution in [2.24, 2.45) is 4.99 Å². The predicted molar refractivity (Wildman–Crippen MR) is 116 cm³/mol. The van der Waals surface area contributed by atoms with Gasteiger partial charge in [0, 0.05) is 25.7 Å². The second-order valence-electron chi connectivity index (χ2n) is 5.10. The van der Waals surface area contributed by atoms with Crippen LogP contribution in [0, 0.1) is 0 Å². The Morgan fingerprint density at radius 1 is 1.25 bits per heavy atom. The highest BCUT2D eigenvalue weighted by molar-refractivity contribution is 14.0. The molecule has 0 aromatic heterocycles. The lowest BCUT2D eigenvalue weighted by Gasteiger charge is -2.11. The summed E-state index contributed by atoms with van der Waals surface area (Å²) < 4.78 is 0. The number of unbranched alkanes of at least 4 members (excludes halogenated alkanes) is 1. The molecule has 0 aliphatic carbocycles. The van der Waals surface area contributed by atoms with Crippen molar-refractivity contribution in [1.82, 2.24) is 16.0 Å². The molecule has 0 heterocycles. The lowest BCUT2D eigenvalue weighted by molar-refractivity contribution is 0.0963. The maximum atomic E-state index is 11.7. The SMILES string of the molecule is CCNC(=NCc1cccc(C(=O)NC)c1)NCCCCSC.I. The van der Waals surface area contributed by atoms with Crippen molar-refractivity contribution in [3.63, 3.8) is 0 Å². The first kappa shape index (κ1) is 23.0. The van der Waals surface area contributed by atoms with Crippen molar-refractivity contribution in [3.05, 3.63) is 35.4 Å². The van der Waals surface area contributed by atoms with Gasteiger partial charge in [0.25, 0.3) is 5.91 Å². The van der Waals surface area contributed by atoms with E-state index in [2.05, 4.69) is 34.1 Å². The molecule has 1 aromatic carbocycles. The van der Waals surface area contributed by atoms with Gasteiger partial charge in [-0.2, -0.15) is 11.8 Å². The molecule has 1 rings (SSSR count). The van der Waals surface area contributed by atoms with Crippen LogP contribution in [0.15, 0.2) is 29.3 Å². The Kier molecular flexibility index (Phi) is 13.8. The number of nitrogens with zero attached hydrogens (tertiary/aromatic N) is 1. The number of hydrogen-bond acceptors (Lipinski definition) is 3. The van der Waals surface area contributed by atoms with Gasteiger partial charge in [0.15, 0.2) is 5.96 Å². The Labute approximate surface area is 166 Å². The number of carbonyl (C=O) groups is 1. The average Bonchev–Trinajstić information content (AvgIpc) is 2.59. The van der Waals surface area contributed by atoms with Crippen molar-refractivity contribution in [3.8, 4) is 0 Å². The molecule has 5 nitrogen and oxygen atoms in total. The number of thioether (sulfide) groups is 1. The second kappa shape index (κ2) is 14.4. The molecule has 0 aliphatic rings. The van der Waals surface area contributed by atoms with Gasteiger partial charge >= 0.3 is 0 Å². The number of amides is 1. The summed E-state index contributed by atoms with van der Waals surface area (Å²) in [7, 11) is 1.64. The van der Waals surface area contributed by atoms with E-state index in [0.717, 1.165) is 31.0 Å². The summed E-state index contributed by atoms with van der Waals surface area (Å²) in [5.41, 5.74) is 1.68. The molecule has 1 aromatic rings. The highest BCUT2D eigenvalue weighted by Crippen LogP contribution is 2.06. The molecule has 0 aliphatic heterocycles. The lowest BCUT2D eigenvalue weighted by Crippen LogP contribution is -2.37. The summed E-state index contributed by atoms with van der Waals surface area (Å²) in [5, 5.41) is 9.23. The Morgan fingerprint density at radius 3 is 2.71 bits per heavy atom. The monoisotopic (exact) mass is 464 g/mol. The third-order valence-corrected chi connectivity index (χ3v) is 3.94. The summed E-state index contributed by atoms with van der Waals surface area (Å²) in [6, 6.07) is 7.56. The number of benzene rings is 1. The van der Waals surface area contributed by atoms with E-state index < -0.39 is 0 Å². The van der Waals surface area contributed by atoms with Gasteiger partial charge in [0.1, 0.15) is 0 Å². The Balaban J connectivity index is 0.00000529. The Morgan fingerprint density at radius 2 is 2.04 bits per heavy atom. The van der Waals surface area contributed by atoms with E-state index in [1.165, 1.54) is 12.2 Å². The van der Waals surface area contributed by atoms with E-state index in [1.54, 1.807) is 13.1 Å². The van der Waals surface area contributed by atoms with Crippen LogP contribution in [0.3, 0.4) is 0 Å². The molecular formula is C17H29IN4OS. The molecule has 0 fully saturated rings. The summed E-state index contributed by atoms with van der Waals surface area (Å²) in [6.45, 7) is 4.35. The number of aliphatic imine (C=N–C) groups is 1. The summed E-state index contributed by atoms with van der Waals surface area (Å²) in [4.78, 5) is 16.2. The van der Waals surface area contributed by atoms with E-state index in [-0.39, 0.29) is 29.9 Å². The van der Waals surface area contributed by atoms with Crippen LogP contribution in [0.4, 0.5) is 0 Å². The van der Waals surface area contributed by atoms with E-state index in [9.17, 15) is 4.79 Å². The van der Waals surface area contributed by atoms with Crippen LogP contribution in [0.2, 0.25) is 0 Å². The zero-order valence-electron chi connectivity index (χ0n) is 14.7. The predicted octanol–water partition coefficient (Wildman–Crippen LogP) is 2.86. The summed E-state index contributed by atoms with van der Waals surface area (Å²) in [5.74, 6) is 1.94. The van der Waals surface area contributed by atoms with Gasteiger partial charge in [0.05, 0.1) is 6.54 Å². The van der Waals surface area contributed by atoms with Gasteiger partial charge in [-0.15, -0.1) is 24.0 Å². The number of rotatable bonds is 9. The van der Waals surface area contributed by atoms with Gasteiger partial charge in [0.2, 0.25) is 0 Å². The number of carbonyl (C=O) groups excluding carboxylic acids is 1. The fourth-order valence-corrected chi connectivity index (χ4v) is 2.54. The minimum Gasteiger partial charge on any atom is -0.357 e. The highest BCUT2D eigenvalue weighted by atomic mass is 127. The van der Waals surface area contributed by atoms with Gasteiger partial charge in [-0.1, -0.05) is 12.1 Å². The second-order valence-corrected chi connectivity index (χ2v) is 6.09. The van der Waals surface area contributed by atoms with E-state index in [4.69, 9.17) is 0 Å². The normalized spacial score (nSPS) is 10.7. The smallest absolute Gasteiger partial charge is 0.251 e. The third-order valence-electron chi connectivity index (χ3n) is 3.25. The number of halogens is 1. The van der Waals surface area contributed by atoms with Crippen LogP contribution >= 0.6 is 35.7 Å². The Hall–Kier alpha value is -0.960. The van der Waals surface area contributed by atoms with Gasteiger partial charge < -0.3 is 16.0 Å². The van der Waals surface area contributed by atoms with Crippen molar-refractivity contribution in [2.45, 2.75) is 26.3 Å². The van der Waals surface area contributed by atoms with Gasteiger partial charge in [-0.3, -0.25) is 4.79 Å². The van der Waals surface area contributed by atoms with E-state index in [1.807, 2.05) is 30.0 Å². The maximum Gasteiger partial charge on any atom is 0.251 e. The van der Waals surface area contributed by atoms with E-state index >= 15 is 0 Å². The molecular weight excluding hydrogens is 435 g/mol. The first-order valence-corrected chi connectivity index (χ1v) is 9.42. The minimum atomic E-state index is -0.0744. The Bertz CT molecular complexity index is 511. The van der Waals surface area contributed by atoms with Crippen molar-refractivity contribution in [2.75, 3.05) is 32.1 Å². The van der Waals surface area contributed by atoms with Crippen molar-refractivity contribution >= 4 is 47.6 Å². The van der Waals surface area contributed by atoms with Crippen LogP contribution in [0.25, 0.3) is 0 Å². The lowest BCUT2D eigenvalue weighted by atomic mass is 10.1. The molecule has 0 spiro atoms. The van der Waals surface area contributed by atoms with Crippen LogP contribution in [0.1, 0.15) is 35.7 Å². The van der Waals surface area contributed by atoms with Crippen molar-refractivity contribution < 1.29 is 4.79 Å². The van der Waals surface area contributed by atoms with Crippen LogP contribution < -0.4 is 16.0 Å². The molecule has 0 atom stereocenters. The molecule has 0 bridgehead atoms. The van der Waals surface area contributed by atoms with Crippen LogP contribution in [-0.2, 0) is 6.54 Å². The third kappa shape index (κ3) is 9.36. The minimum absolute atomic E-state index is 0. The summed E-state index contributed by atoms with van der Waals surface area (Å²) in [6.07, 6.45) is 4.48. The zero-order chi connectivity index (χ0) is 16.9. The van der Waals surface area contributed by atoms with Crippen molar-refractivity contribution in [1.29, 1.82) is 0 Å². The largest absolute Gasteiger partial charge is 0.357 e. The average molecular weight is 464 g/mol. The molecule has 1 amide bonds. The van der Waals surface area contributed by atoms with Gasteiger partial charge in [-0.25, -0.2) is 4.99 Å². The molecule has 24 heavy (non-hydrogen) atoms. The molecule has 136 valence electrons. The number of hydrogen-bond donors (Lipinski definition) is 3.